The Morgan fingerprint density at radius 1 is 1.14 bits per heavy atom. The summed E-state index contributed by atoms with van der Waals surface area (Å²) >= 11 is 0. The number of carbonyl (C=O) groups excluding carboxylic acids is 4. The number of phenolic OH excluding ortho intramolecular Hbond substituents is 1. The van der Waals surface area contributed by atoms with Crippen LogP contribution in [0.4, 0.5) is 0 Å². The molecule has 0 aliphatic carbocycles. The predicted octanol–water partition coefficient (Wildman–Crippen LogP) is 4.73. The van der Waals surface area contributed by atoms with E-state index in [2.05, 4.69) is 59.6 Å². The van der Waals surface area contributed by atoms with Gasteiger partial charge in [-0.2, -0.15) is 0 Å². The van der Waals surface area contributed by atoms with Crippen molar-refractivity contribution in [1.82, 2.24) is 30.6 Å². The number of pyridine rings is 1. The molecule has 310 valence electrons. The summed E-state index contributed by atoms with van der Waals surface area (Å²) in [6.45, 7) is 13.2. The van der Waals surface area contributed by atoms with Crippen molar-refractivity contribution in [3.63, 3.8) is 0 Å². The van der Waals surface area contributed by atoms with E-state index in [-0.39, 0.29) is 31.4 Å². The first-order valence-electron chi connectivity index (χ1n) is 19.9. The molecule has 2 aromatic carbocycles. The molecule has 0 saturated carbocycles. The number of esters is 1. The van der Waals surface area contributed by atoms with Gasteiger partial charge in [0.05, 0.1) is 29.7 Å². The third kappa shape index (κ3) is 9.04. The number of nitrogens with zero attached hydrogens (tertiary/aromatic N) is 3. The van der Waals surface area contributed by atoms with Crippen LogP contribution in [0.2, 0.25) is 0 Å². The topological polar surface area (TPSA) is 184 Å². The number of carbonyl (C=O) groups is 4. The number of cyclic esters (lactones) is 1. The van der Waals surface area contributed by atoms with Crippen molar-refractivity contribution in [3.05, 3.63) is 71.5 Å². The number of benzene rings is 2. The Bertz CT molecular complexity index is 2210. The van der Waals surface area contributed by atoms with Crippen molar-refractivity contribution in [2.75, 3.05) is 20.3 Å². The third-order valence-corrected chi connectivity index (χ3v) is 11.0. The number of aromatic hydroxyl groups is 1. The smallest absolute Gasteiger partial charge is 0.324 e. The van der Waals surface area contributed by atoms with E-state index >= 15 is 0 Å². The zero-order valence-electron chi connectivity index (χ0n) is 34.6. The molecule has 1 saturated heterocycles. The fourth-order valence-electron chi connectivity index (χ4n) is 8.09. The van der Waals surface area contributed by atoms with Gasteiger partial charge >= 0.3 is 5.97 Å². The highest BCUT2D eigenvalue weighted by Gasteiger charge is 2.39. The maximum atomic E-state index is 14.3. The number of aromatic nitrogens is 2. The molecule has 14 heteroatoms. The monoisotopic (exact) mass is 796 g/mol. The van der Waals surface area contributed by atoms with Gasteiger partial charge in [-0.3, -0.25) is 29.2 Å². The number of phenols is 1. The van der Waals surface area contributed by atoms with Gasteiger partial charge in [0.15, 0.2) is 0 Å². The molecule has 6 bridgehead atoms. The van der Waals surface area contributed by atoms with Crippen LogP contribution in [0.15, 0.2) is 54.7 Å². The number of methoxy groups -OCH3 is 1. The second kappa shape index (κ2) is 16.9. The highest BCUT2D eigenvalue weighted by atomic mass is 16.5. The number of ether oxygens (including phenoxy) is 2. The molecule has 0 unspecified atom stereocenters. The number of aryl methyl sites for hydroxylation is 1. The minimum atomic E-state index is -1.67. The van der Waals surface area contributed by atoms with Crippen molar-refractivity contribution in [2.45, 2.75) is 111 Å². The first-order valence-corrected chi connectivity index (χ1v) is 19.9. The lowest BCUT2D eigenvalue weighted by Crippen LogP contribution is -2.63. The zero-order valence-corrected chi connectivity index (χ0v) is 34.6. The number of hydrogen-bond donors (Lipinski definition) is 5. The van der Waals surface area contributed by atoms with Crippen LogP contribution in [0.1, 0.15) is 84.2 Å². The quantitative estimate of drug-likeness (QED) is 0.156. The Kier molecular flexibility index (Phi) is 12.3. The summed E-state index contributed by atoms with van der Waals surface area (Å²) in [6, 6.07) is 11.8. The molecule has 0 radical (unpaired) electrons. The van der Waals surface area contributed by atoms with Crippen LogP contribution in [-0.2, 0) is 48.0 Å². The predicted molar refractivity (Wildman–Crippen MR) is 219 cm³/mol. The average Bonchev–Trinajstić information content (AvgIpc) is 3.48. The summed E-state index contributed by atoms with van der Waals surface area (Å²) in [4.78, 5) is 58.7. The van der Waals surface area contributed by atoms with Gasteiger partial charge in [-0.25, -0.2) is 5.43 Å². The van der Waals surface area contributed by atoms with Gasteiger partial charge in [-0.15, -0.1) is 0 Å². The first-order chi connectivity index (χ1) is 27.4. The molecule has 3 amide bonds. The summed E-state index contributed by atoms with van der Waals surface area (Å²) in [5, 5.41) is 29.5. The molecule has 14 nitrogen and oxygen atoms in total. The standard InChI is InChI=1S/C44H56N6O8/c1-9-49-36-15-14-28-22-32(36)33(38(49)31-12-10-16-45-37(31)25(2)57-8)23-43(4,5)24-58-42(55)34-13-11-17-50(48-34)41(54)35(20-27-18-29(28)21-30(52)19-27)47-40(53)39(44(6,7)56)46-26(3)51/h10,12,14-16,18-19,21-22,25,34-35,39,48,52,56H,9,11,13,17,20,23-24H2,1-8H3,(H,46,51)(H,47,53)/t25-,34-,35-,39+/m0/s1. The number of rotatable bonds is 8. The number of nitrogens with one attached hydrogen (secondary N) is 3. The first kappa shape index (κ1) is 42.3. The normalized spacial score (nSPS) is 19.8. The van der Waals surface area contributed by atoms with Gasteiger partial charge in [0.25, 0.3) is 5.91 Å². The minimum absolute atomic E-state index is 0.0345. The molecule has 2 aliphatic rings. The Balaban J connectivity index is 1.53. The summed E-state index contributed by atoms with van der Waals surface area (Å²) in [7, 11) is 1.66. The summed E-state index contributed by atoms with van der Waals surface area (Å²) in [5.41, 5.74) is 7.67. The van der Waals surface area contributed by atoms with Gasteiger partial charge in [0.2, 0.25) is 11.8 Å². The second-order valence-electron chi connectivity index (χ2n) is 16.8. The third-order valence-electron chi connectivity index (χ3n) is 11.0. The van der Waals surface area contributed by atoms with E-state index in [1.807, 2.05) is 25.1 Å². The van der Waals surface area contributed by atoms with Crippen molar-refractivity contribution in [1.29, 1.82) is 0 Å². The molecule has 4 atom stereocenters. The molecule has 58 heavy (non-hydrogen) atoms. The Morgan fingerprint density at radius 2 is 1.90 bits per heavy atom. The van der Waals surface area contributed by atoms with Crippen LogP contribution in [-0.4, -0.2) is 92.5 Å². The lowest BCUT2D eigenvalue weighted by atomic mass is 9.84. The van der Waals surface area contributed by atoms with E-state index in [0.29, 0.717) is 36.9 Å². The van der Waals surface area contributed by atoms with E-state index in [4.69, 9.17) is 14.5 Å². The molecule has 4 heterocycles. The highest BCUT2D eigenvalue weighted by molar-refractivity contribution is 5.96. The number of amides is 3. The van der Waals surface area contributed by atoms with Gasteiger partial charge in [0, 0.05) is 61.6 Å². The molecule has 2 aliphatic heterocycles. The van der Waals surface area contributed by atoms with Gasteiger partial charge < -0.3 is 34.9 Å². The summed E-state index contributed by atoms with van der Waals surface area (Å²) < 4.78 is 14.1. The fourth-order valence-corrected chi connectivity index (χ4v) is 8.09. The van der Waals surface area contributed by atoms with E-state index in [9.17, 15) is 29.4 Å². The van der Waals surface area contributed by atoms with Crippen LogP contribution in [0.3, 0.4) is 0 Å². The van der Waals surface area contributed by atoms with E-state index in [1.54, 1.807) is 25.4 Å². The Morgan fingerprint density at radius 3 is 2.59 bits per heavy atom. The van der Waals surface area contributed by atoms with Crippen molar-refractivity contribution in [3.8, 4) is 28.1 Å². The van der Waals surface area contributed by atoms with Crippen LogP contribution >= 0.6 is 0 Å². The molecule has 2 aromatic heterocycles. The van der Waals surface area contributed by atoms with E-state index < -0.39 is 52.8 Å². The molecule has 0 spiro atoms. The number of hydrogen-bond acceptors (Lipinski definition) is 10. The van der Waals surface area contributed by atoms with Gasteiger partial charge in [-0.05, 0) is 106 Å². The van der Waals surface area contributed by atoms with E-state index in [0.717, 1.165) is 39.0 Å². The lowest BCUT2D eigenvalue weighted by molar-refractivity contribution is -0.155. The maximum absolute atomic E-state index is 14.3. The van der Waals surface area contributed by atoms with Crippen molar-refractivity contribution < 1.29 is 38.9 Å². The molecular formula is C44H56N6O8. The van der Waals surface area contributed by atoms with Crippen LogP contribution in [0.5, 0.6) is 5.75 Å². The molecule has 1 fully saturated rings. The van der Waals surface area contributed by atoms with Gasteiger partial charge in [0.1, 0.15) is 23.9 Å². The summed E-state index contributed by atoms with van der Waals surface area (Å²) in [6.07, 6.45) is 2.88. The molecule has 4 aromatic rings. The number of aliphatic hydroxyl groups is 1. The molecule has 5 N–H and O–H groups in total. The van der Waals surface area contributed by atoms with Crippen molar-refractivity contribution >= 4 is 34.6 Å². The van der Waals surface area contributed by atoms with Crippen LogP contribution in [0, 0.1) is 5.41 Å². The van der Waals surface area contributed by atoms with Crippen LogP contribution < -0.4 is 16.1 Å². The van der Waals surface area contributed by atoms with Crippen LogP contribution in [0.25, 0.3) is 33.3 Å². The van der Waals surface area contributed by atoms with Crippen molar-refractivity contribution in [2.24, 2.45) is 5.41 Å². The fraction of sp³-hybridized carbons (Fsp3) is 0.477. The highest BCUT2D eigenvalue weighted by Crippen LogP contribution is 2.42. The maximum Gasteiger partial charge on any atom is 0.324 e. The average molecular weight is 797 g/mol. The number of hydrazine groups is 1. The molecule has 6 rings (SSSR count). The Labute approximate surface area is 339 Å². The number of fused-ring (bicyclic) bond motifs is 6. The molecular weight excluding hydrogens is 741 g/mol. The van der Waals surface area contributed by atoms with E-state index in [1.165, 1.54) is 25.8 Å². The summed E-state index contributed by atoms with van der Waals surface area (Å²) in [5.74, 6) is -2.38. The SMILES string of the molecule is CCn1c(-c2cccnc2[C@H](C)OC)c2c3cc(ccc31)-c1cc(O)cc(c1)C[C@H](NC(=O)[C@@H](NC(C)=O)C(C)(C)O)C(=O)N1CCC[C@H](N1)C(=O)OCC(C)(C)C2. The van der Waals surface area contributed by atoms with Gasteiger partial charge in [-0.1, -0.05) is 26.0 Å². The minimum Gasteiger partial charge on any atom is -0.508 e. The Hall–Kier alpha value is -5.31. The second-order valence-corrected chi connectivity index (χ2v) is 16.8. The lowest BCUT2D eigenvalue weighted by Gasteiger charge is -2.36. The zero-order chi connectivity index (χ0) is 42.1. The largest absolute Gasteiger partial charge is 0.508 e.